The van der Waals surface area contributed by atoms with Gasteiger partial charge in [-0.05, 0) is 19.3 Å². The summed E-state index contributed by atoms with van der Waals surface area (Å²) in [5, 5.41) is 18.6. The molecule has 1 saturated heterocycles. The number of carbonyl (C=O) groups excluding carboxylic acids is 1. The molecule has 4 heteroatoms. The van der Waals surface area contributed by atoms with Gasteiger partial charge >= 0.3 is 0 Å². The van der Waals surface area contributed by atoms with Crippen molar-refractivity contribution in [3.8, 4) is 6.07 Å². The number of likely N-dealkylation sites (tertiary alicyclic amines) is 1. The van der Waals surface area contributed by atoms with E-state index in [9.17, 15) is 10.1 Å². The predicted octanol–water partition coefficient (Wildman–Crippen LogP) is 1.69. The molecule has 1 N–H and O–H groups in total. The highest BCUT2D eigenvalue weighted by Gasteiger charge is 2.43. The van der Waals surface area contributed by atoms with E-state index in [0.29, 0.717) is 25.9 Å². The molecule has 1 aliphatic heterocycles. The third-order valence-corrected chi connectivity index (χ3v) is 4.41. The molecule has 1 unspecified atom stereocenters. The summed E-state index contributed by atoms with van der Waals surface area (Å²) in [6.45, 7) is 1.47. The zero-order valence-corrected chi connectivity index (χ0v) is 10.9. The van der Waals surface area contributed by atoms with Crippen LogP contribution in [-0.2, 0) is 4.79 Å². The zero-order valence-electron chi connectivity index (χ0n) is 10.9. The van der Waals surface area contributed by atoms with Crippen molar-refractivity contribution in [3.05, 3.63) is 0 Å². The van der Waals surface area contributed by atoms with Crippen LogP contribution in [0.1, 0.15) is 44.9 Å². The second-order valence-corrected chi connectivity index (χ2v) is 5.70. The maximum Gasteiger partial charge on any atom is 0.243 e. The van der Waals surface area contributed by atoms with Crippen LogP contribution in [-0.4, -0.2) is 35.6 Å². The minimum absolute atomic E-state index is 0.0165. The van der Waals surface area contributed by atoms with E-state index in [4.69, 9.17) is 5.11 Å². The van der Waals surface area contributed by atoms with E-state index in [0.717, 1.165) is 32.1 Å². The van der Waals surface area contributed by atoms with Gasteiger partial charge in [-0.2, -0.15) is 5.26 Å². The lowest BCUT2D eigenvalue weighted by Crippen LogP contribution is -2.42. The number of carbonyl (C=O) groups is 1. The van der Waals surface area contributed by atoms with E-state index in [2.05, 4.69) is 6.07 Å². The Balaban J connectivity index is 2.08. The molecule has 2 aliphatic rings. The second kappa shape index (κ2) is 5.71. The van der Waals surface area contributed by atoms with Crippen molar-refractivity contribution in [3.63, 3.8) is 0 Å². The SMILES string of the molecule is N#CC1(C(=O)N2CCC(CO)C2)CCCCCC1. The van der Waals surface area contributed by atoms with Gasteiger partial charge in [0.25, 0.3) is 0 Å². The molecule has 100 valence electrons. The van der Waals surface area contributed by atoms with E-state index >= 15 is 0 Å². The van der Waals surface area contributed by atoms with Crippen molar-refractivity contribution in [1.29, 1.82) is 5.26 Å². The Morgan fingerprint density at radius 1 is 1.33 bits per heavy atom. The molecule has 0 aromatic rings. The molecule has 0 aromatic heterocycles. The Hall–Kier alpha value is -1.08. The van der Waals surface area contributed by atoms with Gasteiger partial charge < -0.3 is 10.0 Å². The van der Waals surface area contributed by atoms with Crippen LogP contribution in [0.25, 0.3) is 0 Å². The fraction of sp³-hybridized carbons (Fsp3) is 0.857. The Labute approximate surface area is 109 Å². The maximum atomic E-state index is 12.6. The highest BCUT2D eigenvalue weighted by molar-refractivity contribution is 5.85. The first-order chi connectivity index (χ1) is 8.72. The maximum absolute atomic E-state index is 12.6. The van der Waals surface area contributed by atoms with E-state index in [-0.39, 0.29) is 18.4 Å². The Bertz CT molecular complexity index is 340. The Kier molecular flexibility index (Phi) is 4.23. The number of aliphatic hydroxyl groups excluding tert-OH is 1. The number of hydrogen-bond acceptors (Lipinski definition) is 3. The van der Waals surface area contributed by atoms with Gasteiger partial charge in [0.2, 0.25) is 5.91 Å². The lowest BCUT2D eigenvalue weighted by molar-refractivity contribution is -0.138. The standard InChI is InChI=1S/C14H22N2O2/c15-11-14(6-3-1-2-4-7-14)13(18)16-8-5-12(9-16)10-17/h12,17H,1-10H2. The summed E-state index contributed by atoms with van der Waals surface area (Å²) in [5.74, 6) is 0.221. The molecule has 2 rings (SSSR count). The van der Waals surface area contributed by atoms with Crippen molar-refractivity contribution >= 4 is 5.91 Å². The molecular weight excluding hydrogens is 228 g/mol. The molecule has 18 heavy (non-hydrogen) atoms. The van der Waals surface area contributed by atoms with Crippen molar-refractivity contribution < 1.29 is 9.90 Å². The van der Waals surface area contributed by atoms with Gasteiger partial charge in [0.05, 0.1) is 6.07 Å². The Morgan fingerprint density at radius 3 is 2.50 bits per heavy atom. The number of hydrogen-bond donors (Lipinski definition) is 1. The van der Waals surface area contributed by atoms with Gasteiger partial charge in [-0.15, -0.1) is 0 Å². The number of nitrogens with zero attached hydrogens (tertiary/aromatic N) is 2. The summed E-state index contributed by atoms with van der Waals surface area (Å²) in [7, 11) is 0. The highest BCUT2D eigenvalue weighted by Crippen LogP contribution is 2.37. The molecule has 4 nitrogen and oxygen atoms in total. The number of aliphatic hydroxyl groups is 1. The normalized spacial score (nSPS) is 27.6. The minimum Gasteiger partial charge on any atom is -0.396 e. The highest BCUT2D eigenvalue weighted by atomic mass is 16.3. The fourth-order valence-electron chi connectivity index (χ4n) is 3.17. The molecule has 0 spiro atoms. The van der Waals surface area contributed by atoms with Gasteiger partial charge in [-0.1, -0.05) is 25.7 Å². The molecule has 1 atom stereocenters. The average Bonchev–Trinajstić information content (AvgIpc) is 2.75. The van der Waals surface area contributed by atoms with Crippen molar-refractivity contribution in [2.24, 2.45) is 11.3 Å². The summed E-state index contributed by atoms with van der Waals surface area (Å²) in [6, 6.07) is 2.31. The fourth-order valence-corrected chi connectivity index (χ4v) is 3.17. The third-order valence-electron chi connectivity index (χ3n) is 4.41. The minimum atomic E-state index is -0.777. The first-order valence-corrected chi connectivity index (χ1v) is 7.03. The van der Waals surface area contributed by atoms with Crippen LogP contribution in [0.3, 0.4) is 0 Å². The van der Waals surface area contributed by atoms with Gasteiger partial charge in [0.1, 0.15) is 5.41 Å². The van der Waals surface area contributed by atoms with E-state index in [1.165, 1.54) is 0 Å². The van der Waals surface area contributed by atoms with Crippen molar-refractivity contribution in [2.45, 2.75) is 44.9 Å². The van der Waals surface area contributed by atoms with Gasteiger partial charge in [-0.25, -0.2) is 0 Å². The monoisotopic (exact) mass is 250 g/mol. The molecule has 1 amide bonds. The van der Waals surface area contributed by atoms with Crippen LogP contribution in [0.5, 0.6) is 0 Å². The van der Waals surface area contributed by atoms with E-state index < -0.39 is 5.41 Å². The van der Waals surface area contributed by atoms with Crippen LogP contribution < -0.4 is 0 Å². The van der Waals surface area contributed by atoms with E-state index in [1.54, 1.807) is 4.90 Å². The Morgan fingerprint density at radius 2 is 2.00 bits per heavy atom. The quantitative estimate of drug-likeness (QED) is 0.758. The van der Waals surface area contributed by atoms with Gasteiger partial charge in [0, 0.05) is 25.6 Å². The number of nitriles is 1. The molecule has 1 saturated carbocycles. The summed E-state index contributed by atoms with van der Waals surface area (Å²) in [5.41, 5.74) is -0.777. The predicted molar refractivity (Wildman–Crippen MR) is 67.5 cm³/mol. The number of amides is 1. The third kappa shape index (κ3) is 2.51. The van der Waals surface area contributed by atoms with Gasteiger partial charge in [0.15, 0.2) is 0 Å². The molecule has 1 aliphatic carbocycles. The van der Waals surface area contributed by atoms with Crippen LogP contribution in [0.4, 0.5) is 0 Å². The largest absolute Gasteiger partial charge is 0.396 e. The molecular formula is C14H22N2O2. The smallest absolute Gasteiger partial charge is 0.243 e. The van der Waals surface area contributed by atoms with Crippen LogP contribution in [0.15, 0.2) is 0 Å². The average molecular weight is 250 g/mol. The van der Waals surface area contributed by atoms with Crippen LogP contribution in [0.2, 0.25) is 0 Å². The lowest BCUT2D eigenvalue weighted by atomic mass is 9.80. The second-order valence-electron chi connectivity index (χ2n) is 5.70. The summed E-state index contributed by atoms with van der Waals surface area (Å²) >= 11 is 0. The number of rotatable bonds is 2. The van der Waals surface area contributed by atoms with Crippen LogP contribution >= 0.6 is 0 Å². The van der Waals surface area contributed by atoms with Crippen molar-refractivity contribution in [2.75, 3.05) is 19.7 Å². The molecule has 2 fully saturated rings. The van der Waals surface area contributed by atoms with Crippen LogP contribution in [0, 0.1) is 22.7 Å². The molecule has 0 radical (unpaired) electrons. The summed E-state index contributed by atoms with van der Waals surface area (Å²) in [4.78, 5) is 14.4. The van der Waals surface area contributed by atoms with E-state index in [1.807, 2.05) is 0 Å². The topological polar surface area (TPSA) is 64.3 Å². The molecule has 1 heterocycles. The first kappa shape index (κ1) is 13.4. The van der Waals surface area contributed by atoms with Gasteiger partial charge in [-0.3, -0.25) is 4.79 Å². The first-order valence-electron chi connectivity index (χ1n) is 7.03. The molecule has 0 aromatic carbocycles. The summed E-state index contributed by atoms with van der Waals surface area (Å²) < 4.78 is 0. The van der Waals surface area contributed by atoms with Crippen molar-refractivity contribution in [1.82, 2.24) is 4.90 Å². The zero-order chi connectivity index (χ0) is 13.0. The summed E-state index contributed by atoms with van der Waals surface area (Å²) in [6.07, 6.45) is 6.52. The molecule has 0 bridgehead atoms. The lowest BCUT2D eigenvalue weighted by Gasteiger charge is -2.29.